The van der Waals surface area contributed by atoms with Gasteiger partial charge in [0.25, 0.3) is 5.92 Å². The molecule has 1 unspecified atom stereocenters. The van der Waals surface area contributed by atoms with Gasteiger partial charge in [-0.15, -0.1) is 0 Å². The first-order chi connectivity index (χ1) is 13.4. The van der Waals surface area contributed by atoms with Crippen molar-refractivity contribution >= 4 is 32.5 Å². The number of nitrogens with zero attached hydrogens (tertiary/aromatic N) is 2. The smallest absolute Gasteiger partial charge is 0.276 e. The molecule has 2 aromatic carbocycles. The van der Waals surface area contributed by atoms with Gasteiger partial charge in [-0.25, -0.2) is 18.2 Å². The van der Waals surface area contributed by atoms with E-state index in [0.717, 1.165) is 5.52 Å². The van der Waals surface area contributed by atoms with Crippen LogP contribution in [0.25, 0.3) is 22.4 Å². The van der Waals surface area contributed by atoms with E-state index in [2.05, 4.69) is 36.4 Å². The number of oxazole rings is 1. The number of H-pyrrole nitrogens is 1. The van der Waals surface area contributed by atoms with Gasteiger partial charge in [0.05, 0.1) is 16.2 Å². The third kappa shape index (κ3) is 2.61. The molecule has 0 bridgehead atoms. The predicted octanol–water partition coefficient (Wildman–Crippen LogP) is 5.46. The molecular weight excluding hydrogens is 437 g/mol. The Morgan fingerprint density at radius 3 is 2.89 bits per heavy atom. The van der Waals surface area contributed by atoms with E-state index < -0.39 is 24.2 Å². The summed E-state index contributed by atoms with van der Waals surface area (Å²) in [5, 5.41) is 10.6. The van der Waals surface area contributed by atoms with Gasteiger partial charge in [-0.3, -0.25) is 5.10 Å². The van der Waals surface area contributed by atoms with E-state index in [-0.39, 0.29) is 15.6 Å². The molecule has 5 rings (SSSR count). The maximum absolute atomic E-state index is 14.7. The molecule has 2 aromatic heterocycles. The van der Waals surface area contributed by atoms with E-state index in [1.54, 1.807) is 18.2 Å². The van der Waals surface area contributed by atoms with Gasteiger partial charge in [0.2, 0.25) is 0 Å². The van der Waals surface area contributed by atoms with Gasteiger partial charge in [-0.05, 0) is 45.8 Å². The molecule has 9 heteroatoms. The predicted molar refractivity (Wildman–Crippen MR) is 101 cm³/mol. The second-order valence-electron chi connectivity index (χ2n) is 6.64. The normalized spacial score (nSPS) is 17.8. The Morgan fingerprint density at radius 1 is 1.25 bits per heavy atom. The number of nitrogens with one attached hydrogen (secondary N) is 2. The molecule has 1 aliphatic rings. The Morgan fingerprint density at radius 2 is 2.11 bits per heavy atom. The van der Waals surface area contributed by atoms with Crippen molar-refractivity contribution in [3.63, 3.8) is 0 Å². The van der Waals surface area contributed by atoms with Crippen LogP contribution in [-0.4, -0.2) is 21.1 Å². The average Bonchev–Trinajstić information content (AvgIpc) is 3.37. The van der Waals surface area contributed by atoms with Crippen molar-refractivity contribution in [3.05, 3.63) is 64.3 Å². The second kappa shape index (κ2) is 6.10. The molecule has 142 valence electrons. The van der Waals surface area contributed by atoms with Crippen molar-refractivity contribution in [2.45, 2.75) is 18.4 Å². The van der Waals surface area contributed by atoms with Crippen LogP contribution in [0.1, 0.15) is 17.2 Å². The highest BCUT2D eigenvalue weighted by Gasteiger charge is 2.49. The lowest BCUT2D eigenvalue weighted by molar-refractivity contribution is -0.00740. The summed E-state index contributed by atoms with van der Waals surface area (Å²) < 4.78 is 49.1. The van der Waals surface area contributed by atoms with Crippen LogP contribution in [0.4, 0.5) is 18.9 Å². The number of rotatable bonds is 3. The lowest BCUT2D eigenvalue weighted by atomic mass is 10.1. The van der Waals surface area contributed by atoms with Crippen molar-refractivity contribution in [2.24, 2.45) is 0 Å². The Labute approximate surface area is 165 Å². The van der Waals surface area contributed by atoms with E-state index in [1.165, 1.54) is 24.7 Å². The van der Waals surface area contributed by atoms with Gasteiger partial charge >= 0.3 is 0 Å². The highest BCUT2D eigenvalue weighted by Crippen LogP contribution is 2.47. The third-order valence-electron chi connectivity index (χ3n) is 4.92. The molecule has 1 aliphatic carbocycles. The molecule has 2 N–H and O–H groups in total. The molecule has 0 radical (unpaired) electrons. The highest BCUT2D eigenvalue weighted by atomic mass is 79.9. The van der Waals surface area contributed by atoms with E-state index >= 15 is 0 Å². The van der Waals surface area contributed by atoms with Crippen LogP contribution in [0.15, 0.2) is 51.8 Å². The molecule has 2 heterocycles. The molecule has 5 nitrogen and oxygen atoms in total. The van der Waals surface area contributed by atoms with Gasteiger partial charge in [-0.2, -0.15) is 5.10 Å². The maximum atomic E-state index is 14.7. The minimum Gasteiger partial charge on any atom is -0.442 e. The summed E-state index contributed by atoms with van der Waals surface area (Å²) in [5.41, 5.74) is 2.02. The topological polar surface area (TPSA) is 66.7 Å². The monoisotopic (exact) mass is 448 g/mol. The minimum absolute atomic E-state index is 0.0311. The zero-order valence-electron chi connectivity index (χ0n) is 14.1. The van der Waals surface area contributed by atoms with Crippen molar-refractivity contribution in [1.82, 2.24) is 15.2 Å². The van der Waals surface area contributed by atoms with Crippen molar-refractivity contribution in [1.29, 1.82) is 0 Å². The molecule has 1 atom stereocenters. The fourth-order valence-electron chi connectivity index (χ4n) is 3.60. The van der Waals surface area contributed by atoms with Crippen molar-refractivity contribution in [3.8, 4) is 11.5 Å². The third-order valence-corrected chi connectivity index (χ3v) is 5.53. The number of halogens is 4. The van der Waals surface area contributed by atoms with Crippen LogP contribution in [0, 0.1) is 5.82 Å². The number of aromatic amines is 1. The second-order valence-corrected chi connectivity index (χ2v) is 7.50. The van der Waals surface area contributed by atoms with Gasteiger partial charge in [0, 0.05) is 23.1 Å². The number of benzene rings is 2. The lowest BCUT2D eigenvalue weighted by Gasteiger charge is -2.22. The lowest BCUT2D eigenvalue weighted by Crippen LogP contribution is -2.28. The first-order valence-corrected chi connectivity index (χ1v) is 9.21. The number of hydrogen-bond acceptors (Lipinski definition) is 4. The van der Waals surface area contributed by atoms with E-state index in [9.17, 15) is 13.2 Å². The summed E-state index contributed by atoms with van der Waals surface area (Å²) in [6.07, 6.45) is 2.17. The zero-order valence-corrected chi connectivity index (χ0v) is 15.7. The fourth-order valence-corrected chi connectivity index (χ4v) is 3.97. The molecule has 0 saturated heterocycles. The Kier molecular flexibility index (Phi) is 3.77. The standard InChI is InChI=1S/C19H12BrF3N4O/c20-13-3-2-10-12(16(13)21)6-19(22,23)18(10)25-9-1-4-14-11(5-9)17(27-26-14)15-7-24-8-28-15/h1-5,7-8,18,25H,6H2,(H,26,27). The Bertz CT molecular complexity index is 1190. The molecule has 0 saturated carbocycles. The molecule has 4 aromatic rings. The molecule has 28 heavy (non-hydrogen) atoms. The summed E-state index contributed by atoms with van der Waals surface area (Å²) in [6, 6.07) is 6.76. The zero-order chi connectivity index (χ0) is 19.5. The summed E-state index contributed by atoms with van der Waals surface area (Å²) in [6.45, 7) is 0. The van der Waals surface area contributed by atoms with Crippen LogP contribution in [-0.2, 0) is 6.42 Å². The van der Waals surface area contributed by atoms with Crippen molar-refractivity contribution < 1.29 is 17.6 Å². The van der Waals surface area contributed by atoms with E-state index in [1.807, 2.05) is 0 Å². The van der Waals surface area contributed by atoms with Gasteiger partial charge in [-0.1, -0.05) is 6.07 Å². The number of fused-ring (bicyclic) bond motifs is 2. The summed E-state index contributed by atoms with van der Waals surface area (Å²) in [7, 11) is 0. The van der Waals surface area contributed by atoms with Crippen LogP contribution in [0.3, 0.4) is 0 Å². The summed E-state index contributed by atoms with van der Waals surface area (Å²) in [4.78, 5) is 3.88. The molecular formula is C19H12BrF3N4O. The highest BCUT2D eigenvalue weighted by molar-refractivity contribution is 9.10. The van der Waals surface area contributed by atoms with Crippen LogP contribution >= 0.6 is 15.9 Å². The minimum atomic E-state index is -3.12. The SMILES string of the molecule is Fc1c(Br)ccc2c1CC(F)(F)C2Nc1ccc2[nH]nc(-c3cnco3)c2c1. The summed E-state index contributed by atoms with van der Waals surface area (Å²) in [5.74, 6) is -3.30. The van der Waals surface area contributed by atoms with Gasteiger partial charge < -0.3 is 9.73 Å². The number of hydrogen-bond donors (Lipinski definition) is 2. The van der Waals surface area contributed by atoms with Crippen LogP contribution in [0.2, 0.25) is 0 Å². The Balaban J connectivity index is 1.55. The fraction of sp³-hybridized carbons (Fsp3) is 0.158. The van der Waals surface area contributed by atoms with Crippen molar-refractivity contribution in [2.75, 3.05) is 5.32 Å². The summed E-state index contributed by atoms with van der Waals surface area (Å²) >= 11 is 3.06. The molecule has 0 aliphatic heterocycles. The Hall–Kier alpha value is -2.81. The number of alkyl halides is 2. The van der Waals surface area contributed by atoms with E-state index in [4.69, 9.17) is 4.42 Å². The average molecular weight is 449 g/mol. The molecule has 0 fully saturated rings. The number of aromatic nitrogens is 3. The van der Waals surface area contributed by atoms with E-state index in [0.29, 0.717) is 22.5 Å². The maximum Gasteiger partial charge on any atom is 0.276 e. The van der Waals surface area contributed by atoms with Crippen LogP contribution in [0.5, 0.6) is 0 Å². The van der Waals surface area contributed by atoms with Gasteiger partial charge in [0.1, 0.15) is 17.6 Å². The first kappa shape index (κ1) is 17.3. The quantitative estimate of drug-likeness (QED) is 0.436. The van der Waals surface area contributed by atoms with Crippen LogP contribution < -0.4 is 5.32 Å². The van der Waals surface area contributed by atoms with Gasteiger partial charge in [0.15, 0.2) is 12.2 Å². The molecule has 0 spiro atoms. The number of anilines is 1. The first-order valence-electron chi connectivity index (χ1n) is 8.42. The largest absolute Gasteiger partial charge is 0.442 e. The molecule has 0 amide bonds.